The molecule has 0 aromatic carbocycles. The molecule has 4 rings (SSSR count). The maximum atomic E-state index is 9.72. The number of aliphatic hydroxyl groups is 1. The van der Waals surface area contributed by atoms with Crippen molar-refractivity contribution in [1.29, 1.82) is 0 Å². The largest absolute Gasteiger partial charge is 0.393 e. The van der Waals surface area contributed by atoms with Crippen LogP contribution >= 0.6 is 0 Å². The lowest BCUT2D eigenvalue weighted by Gasteiger charge is -2.59. The van der Waals surface area contributed by atoms with Gasteiger partial charge < -0.3 is 5.11 Å². The van der Waals surface area contributed by atoms with Crippen molar-refractivity contribution in [3.63, 3.8) is 0 Å². The maximum Gasteiger partial charge on any atom is 0.0580 e. The molecular formula is C13H20O. The molecular weight excluding hydrogens is 172 g/mol. The molecule has 1 saturated carbocycles. The van der Waals surface area contributed by atoms with Crippen LogP contribution in [0.1, 0.15) is 46.0 Å². The van der Waals surface area contributed by atoms with Crippen LogP contribution < -0.4 is 0 Å². The Morgan fingerprint density at radius 2 is 2.07 bits per heavy atom. The average Bonchev–Trinajstić information content (AvgIpc) is 2.16. The summed E-state index contributed by atoms with van der Waals surface area (Å²) in [6.07, 6.45) is 5.88. The van der Waals surface area contributed by atoms with Crippen LogP contribution in [0.4, 0.5) is 0 Å². The van der Waals surface area contributed by atoms with E-state index in [0.717, 1.165) is 24.7 Å². The predicted molar refractivity (Wildman–Crippen MR) is 56.9 cm³/mol. The van der Waals surface area contributed by atoms with Gasteiger partial charge in [0.05, 0.1) is 6.10 Å². The number of hydrogen-bond donors (Lipinski definition) is 1. The molecule has 0 aliphatic heterocycles. The zero-order valence-electron chi connectivity index (χ0n) is 9.21. The normalized spacial score (nSPS) is 44.4. The standard InChI is InChI=1S/C13H20O/c1-13(2)9-5-8-3-4-10(14)7-11(8)12(13)6-9/h9-10,12,14H,3-7H2,1-2H3/t9-,10+,12-/m0/s1. The summed E-state index contributed by atoms with van der Waals surface area (Å²) in [5.41, 5.74) is 3.91. The van der Waals surface area contributed by atoms with Crippen LogP contribution in [0.5, 0.6) is 0 Å². The summed E-state index contributed by atoms with van der Waals surface area (Å²) in [6, 6.07) is 0. The van der Waals surface area contributed by atoms with Gasteiger partial charge in [0.25, 0.3) is 0 Å². The third-order valence-electron chi connectivity index (χ3n) is 5.07. The van der Waals surface area contributed by atoms with Gasteiger partial charge in [0.15, 0.2) is 0 Å². The minimum Gasteiger partial charge on any atom is -0.393 e. The van der Waals surface area contributed by atoms with Crippen LogP contribution in [0, 0.1) is 17.3 Å². The highest BCUT2D eigenvalue weighted by Crippen LogP contribution is 2.63. The van der Waals surface area contributed by atoms with Crippen molar-refractivity contribution in [3.05, 3.63) is 11.1 Å². The summed E-state index contributed by atoms with van der Waals surface area (Å²) in [5, 5.41) is 9.72. The van der Waals surface area contributed by atoms with E-state index in [0.29, 0.717) is 5.41 Å². The first kappa shape index (κ1) is 8.96. The van der Waals surface area contributed by atoms with E-state index in [1.807, 2.05) is 0 Å². The highest BCUT2D eigenvalue weighted by Gasteiger charge is 2.53. The van der Waals surface area contributed by atoms with Gasteiger partial charge in [0.2, 0.25) is 0 Å². The van der Waals surface area contributed by atoms with Crippen LogP contribution in [0.2, 0.25) is 0 Å². The number of rotatable bonds is 0. The van der Waals surface area contributed by atoms with Crippen molar-refractivity contribution in [3.8, 4) is 0 Å². The third-order valence-corrected chi connectivity index (χ3v) is 5.07. The molecule has 0 aromatic heterocycles. The fourth-order valence-corrected chi connectivity index (χ4v) is 3.87. The minimum atomic E-state index is -0.0401. The van der Waals surface area contributed by atoms with Gasteiger partial charge in [-0.2, -0.15) is 0 Å². The first-order valence-corrected chi connectivity index (χ1v) is 5.98. The number of hydrogen-bond acceptors (Lipinski definition) is 1. The molecule has 14 heavy (non-hydrogen) atoms. The lowest BCUT2D eigenvalue weighted by Crippen LogP contribution is -2.50. The van der Waals surface area contributed by atoms with E-state index in [4.69, 9.17) is 0 Å². The van der Waals surface area contributed by atoms with Crippen molar-refractivity contribution in [2.75, 3.05) is 0 Å². The molecule has 0 aromatic rings. The molecule has 0 heterocycles. The first-order chi connectivity index (χ1) is 6.59. The minimum absolute atomic E-state index is 0.0401. The van der Waals surface area contributed by atoms with Gasteiger partial charge >= 0.3 is 0 Å². The lowest BCUT2D eigenvalue weighted by atomic mass is 9.46. The highest BCUT2D eigenvalue weighted by atomic mass is 16.3. The molecule has 1 fully saturated rings. The molecule has 2 bridgehead atoms. The summed E-state index contributed by atoms with van der Waals surface area (Å²) in [4.78, 5) is 0. The smallest absolute Gasteiger partial charge is 0.0580 e. The van der Waals surface area contributed by atoms with Crippen LogP contribution in [-0.2, 0) is 0 Å². The van der Waals surface area contributed by atoms with Crippen LogP contribution in [-0.4, -0.2) is 11.2 Å². The molecule has 4 aliphatic rings. The van der Waals surface area contributed by atoms with Crippen molar-refractivity contribution in [2.24, 2.45) is 17.3 Å². The summed E-state index contributed by atoms with van der Waals surface area (Å²) in [6.45, 7) is 4.83. The van der Waals surface area contributed by atoms with Gasteiger partial charge in [0.1, 0.15) is 0 Å². The second-order valence-corrected chi connectivity index (χ2v) is 6.04. The van der Waals surface area contributed by atoms with E-state index in [9.17, 15) is 5.11 Å². The second-order valence-electron chi connectivity index (χ2n) is 6.04. The average molecular weight is 192 g/mol. The monoisotopic (exact) mass is 192 g/mol. The summed E-state index contributed by atoms with van der Waals surface area (Å²) < 4.78 is 0. The SMILES string of the molecule is CC1(C)[C@H]2CC3=C(C[C@H](O)CC3)[C@@H]1C2. The van der Waals surface area contributed by atoms with E-state index in [1.54, 1.807) is 11.1 Å². The number of aliphatic hydroxyl groups excluding tert-OH is 1. The second kappa shape index (κ2) is 2.63. The Bertz CT molecular complexity index is 300. The lowest BCUT2D eigenvalue weighted by molar-refractivity contribution is -0.0223. The molecule has 0 saturated heterocycles. The van der Waals surface area contributed by atoms with Gasteiger partial charge in [0, 0.05) is 0 Å². The Balaban J connectivity index is 1.94. The van der Waals surface area contributed by atoms with E-state index < -0.39 is 0 Å². The molecule has 0 spiro atoms. The van der Waals surface area contributed by atoms with E-state index in [-0.39, 0.29) is 6.10 Å². The Morgan fingerprint density at radius 1 is 1.29 bits per heavy atom. The third kappa shape index (κ3) is 0.995. The fraction of sp³-hybridized carbons (Fsp3) is 0.846. The Hall–Kier alpha value is -0.300. The van der Waals surface area contributed by atoms with Crippen LogP contribution in [0.3, 0.4) is 0 Å². The van der Waals surface area contributed by atoms with E-state index >= 15 is 0 Å². The molecule has 0 amide bonds. The maximum absolute atomic E-state index is 9.72. The van der Waals surface area contributed by atoms with Gasteiger partial charge in [-0.3, -0.25) is 0 Å². The summed E-state index contributed by atoms with van der Waals surface area (Å²) in [5.74, 6) is 1.76. The molecule has 1 N–H and O–H groups in total. The molecule has 3 atom stereocenters. The van der Waals surface area contributed by atoms with Gasteiger partial charge in [-0.25, -0.2) is 0 Å². The van der Waals surface area contributed by atoms with Crippen LogP contribution in [0.15, 0.2) is 11.1 Å². The zero-order chi connectivity index (χ0) is 9.92. The summed E-state index contributed by atoms with van der Waals surface area (Å²) in [7, 11) is 0. The van der Waals surface area contributed by atoms with Gasteiger partial charge in [-0.05, 0) is 49.4 Å². The zero-order valence-corrected chi connectivity index (χ0v) is 9.21. The van der Waals surface area contributed by atoms with E-state index in [2.05, 4.69) is 13.8 Å². The molecule has 4 aliphatic carbocycles. The Morgan fingerprint density at radius 3 is 2.79 bits per heavy atom. The van der Waals surface area contributed by atoms with Crippen molar-refractivity contribution in [2.45, 2.75) is 52.1 Å². The molecule has 1 nitrogen and oxygen atoms in total. The van der Waals surface area contributed by atoms with E-state index in [1.165, 1.54) is 19.3 Å². The van der Waals surface area contributed by atoms with Crippen molar-refractivity contribution in [1.82, 2.24) is 0 Å². The molecule has 0 radical (unpaired) electrons. The molecule has 78 valence electrons. The summed E-state index contributed by atoms with van der Waals surface area (Å²) >= 11 is 0. The Labute approximate surface area is 86.2 Å². The van der Waals surface area contributed by atoms with Crippen molar-refractivity contribution >= 4 is 0 Å². The predicted octanol–water partition coefficient (Wildman–Crippen LogP) is 2.89. The molecule has 1 heteroatoms. The van der Waals surface area contributed by atoms with Crippen molar-refractivity contribution < 1.29 is 5.11 Å². The van der Waals surface area contributed by atoms with Gasteiger partial charge in [-0.15, -0.1) is 0 Å². The highest BCUT2D eigenvalue weighted by molar-refractivity contribution is 5.32. The Kier molecular flexibility index (Phi) is 1.69. The molecule has 0 unspecified atom stereocenters. The number of allylic oxidation sites excluding steroid dienone is 1. The first-order valence-electron chi connectivity index (χ1n) is 5.98. The quantitative estimate of drug-likeness (QED) is 0.585. The topological polar surface area (TPSA) is 20.2 Å². The fourth-order valence-electron chi connectivity index (χ4n) is 3.87. The van der Waals surface area contributed by atoms with Gasteiger partial charge in [-0.1, -0.05) is 25.0 Å². The van der Waals surface area contributed by atoms with Crippen LogP contribution in [0.25, 0.3) is 0 Å².